The summed E-state index contributed by atoms with van der Waals surface area (Å²) in [7, 11) is 0. The second-order valence-electron chi connectivity index (χ2n) is 5.34. The van der Waals surface area contributed by atoms with Crippen molar-refractivity contribution in [1.29, 1.82) is 0 Å². The first kappa shape index (κ1) is 17.2. The number of nitrogens with zero attached hydrogens (tertiary/aromatic N) is 2. The van der Waals surface area contributed by atoms with Crippen molar-refractivity contribution in [3.63, 3.8) is 0 Å². The highest BCUT2D eigenvalue weighted by molar-refractivity contribution is 7.99. The number of nitro groups is 1. The third-order valence-electron chi connectivity index (χ3n) is 3.58. The van der Waals surface area contributed by atoms with Gasteiger partial charge in [0, 0.05) is 23.7 Å². The quantitative estimate of drug-likeness (QED) is 0.647. The molecular formula is C16H14FN3O4S. The molecule has 0 bridgehead atoms. The molecule has 0 spiro atoms. The number of anilines is 1. The minimum absolute atomic E-state index is 0.00152. The van der Waals surface area contributed by atoms with Crippen molar-refractivity contribution in [2.75, 3.05) is 16.8 Å². The van der Waals surface area contributed by atoms with Gasteiger partial charge >= 0.3 is 5.69 Å². The third-order valence-corrected chi connectivity index (χ3v) is 4.71. The van der Waals surface area contributed by atoms with E-state index in [1.165, 1.54) is 12.3 Å². The Morgan fingerprint density at radius 2 is 2.28 bits per heavy atom. The van der Waals surface area contributed by atoms with E-state index >= 15 is 0 Å². The number of nitrogens with one attached hydrogen (secondary N) is 1. The fourth-order valence-corrected chi connectivity index (χ4v) is 3.44. The molecular weight excluding hydrogens is 349 g/mol. The van der Waals surface area contributed by atoms with Crippen LogP contribution in [0.4, 0.5) is 15.8 Å². The highest BCUT2D eigenvalue weighted by atomic mass is 32.2. The molecule has 7 nitrogen and oxygen atoms in total. The van der Waals surface area contributed by atoms with Crippen LogP contribution in [0, 0.1) is 15.9 Å². The van der Waals surface area contributed by atoms with E-state index < -0.39 is 22.3 Å². The predicted molar refractivity (Wildman–Crippen MR) is 91.6 cm³/mol. The minimum atomic E-state index is -0.966. The highest BCUT2D eigenvalue weighted by Gasteiger charge is 2.22. The zero-order chi connectivity index (χ0) is 17.8. The van der Waals surface area contributed by atoms with Crippen LogP contribution in [0.1, 0.15) is 16.8 Å². The summed E-state index contributed by atoms with van der Waals surface area (Å²) < 4.78 is 19.2. The molecule has 1 aromatic carbocycles. The molecule has 1 aromatic heterocycles. The maximum Gasteiger partial charge on any atom is 0.306 e. The molecule has 1 N–H and O–H groups in total. The summed E-state index contributed by atoms with van der Waals surface area (Å²) >= 11 is 1.77. The lowest BCUT2D eigenvalue weighted by Gasteiger charge is -2.14. The monoisotopic (exact) mass is 363 g/mol. The predicted octanol–water partition coefficient (Wildman–Crippen LogP) is 3.27. The van der Waals surface area contributed by atoms with E-state index in [1.54, 1.807) is 23.9 Å². The van der Waals surface area contributed by atoms with Gasteiger partial charge < -0.3 is 10.1 Å². The van der Waals surface area contributed by atoms with Crippen molar-refractivity contribution in [2.45, 2.75) is 12.5 Å². The lowest BCUT2D eigenvalue weighted by molar-refractivity contribution is -0.387. The Morgan fingerprint density at radius 3 is 3.00 bits per heavy atom. The Kier molecular flexibility index (Phi) is 5.13. The van der Waals surface area contributed by atoms with Gasteiger partial charge in [0.15, 0.2) is 0 Å². The minimum Gasteiger partial charge on any atom is -0.473 e. The van der Waals surface area contributed by atoms with Gasteiger partial charge in [0.25, 0.3) is 5.91 Å². The number of hydrogen-bond donors (Lipinski definition) is 1. The van der Waals surface area contributed by atoms with E-state index in [4.69, 9.17) is 4.74 Å². The van der Waals surface area contributed by atoms with Crippen molar-refractivity contribution in [2.24, 2.45) is 0 Å². The molecule has 2 heterocycles. The molecule has 0 radical (unpaired) electrons. The van der Waals surface area contributed by atoms with Gasteiger partial charge in [0.2, 0.25) is 11.7 Å². The van der Waals surface area contributed by atoms with Crippen LogP contribution >= 0.6 is 11.8 Å². The Bertz CT molecular complexity index is 812. The number of amides is 1. The molecule has 1 atom stereocenters. The summed E-state index contributed by atoms with van der Waals surface area (Å²) in [6.45, 7) is 0. The van der Waals surface area contributed by atoms with Gasteiger partial charge in [-0.1, -0.05) is 0 Å². The van der Waals surface area contributed by atoms with Crippen LogP contribution in [0.5, 0.6) is 5.88 Å². The van der Waals surface area contributed by atoms with Gasteiger partial charge in [-0.25, -0.2) is 4.98 Å². The molecule has 9 heteroatoms. The van der Waals surface area contributed by atoms with Crippen molar-refractivity contribution < 1.29 is 18.8 Å². The number of halogens is 1. The van der Waals surface area contributed by atoms with E-state index in [-0.39, 0.29) is 23.2 Å². The van der Waals surface area contributed by atoms with Crippen molar-refractivity contribution in [1.82, 2.24) is 4.98 Å². The first-order chi connectivity index (χ1) is 12.0. The number of ether oxygens (including phenoxy) is 1. The van der Waals surface area contributed by atoms with Crippen LogP contribution in [-0.4, -0.2) is 33.4 Å². The molecule has 1 amide bonds. The van der Waals surface area contributed by atoms with Crippen LogP contribution < -0.4 is 10.1 Å². The Morgan fingerprint density at radius 1 is 1.44 bits per heavy atom. The van der Waals surface area contributed by atoms with Crippen LogP contribution in [-0.2, 0) is 0 Å². The average Bonchev–Trinajstić information content (AvgIpc) is 3.10. The van der Waals surface area contributed by atoms with Gasteiger partial charge in [-0.3, -0.25) is 14.9 Å². The van der Waals surface area contributed by atoms with Gasteiger partial charge in [-0.05, 0) is 36.4 Å². The van der Waals surface area contributed by atoms with Crippen molar-refractivity contribution in [3.05, 3.63) is 58.0 Å². The fraction of sp³-hybridized carbons (Fsp3) is 0.250. The second-order valence-corrected chi connectivity index (χ2v) is 6.49. The first-order valence-corrected chi connectivity index (χ1v) is 8.65. The maximum atomic E-state index is 13.4. The lowest BCUT2D eigenvalue weighted by atomic mass is 10.2. The zero-order valence-electron chi connectivity index (χ0n) is 13.0. The molecule has 1 aliphatic rings. The van der Waals surface area contributed by atoms with E-state index in [1.807, 2.05) is 0 Å². The number of rotatable bonds is 5. The molecule has 1 unspecified atom stereocenters. The summed E-state index contributed by atoms with van der Waals surface area (Å²) in [5, 5.41) is 13.3. The summed E-state index contributed by atoms with van der Waals surface area (Å²) in [5.74, 6) is 0.547. The topological polar surface area (TPSA) is 94.4 Å². The third kappa shape index (κ3) is 4.05. The maximum absolute atomic E-state index is 13.4. The Labute approximate surface area is 146 Å². The van der Waals surface area contributed by atoms with E-state index in [0.717, 1.165) is 30.1 Å². The number of thioether (sulfide) groups is 1. The molecule has 1 fully saturated rings. The van der Waals surface area contributed by atoms with Gasteiger partial charge in [-0.2, -0.15) is 16.2 Å². The lowest BCUT2D eigenvalue weighted by Crippen LogP contribution is -2.20. The van der Waals surface area contributed by atoms with Crippen LogP contribution in [0.2, 0.25) is 0 Å². The smallest absolute Gasteiger partial charge is 0.306 e. The molecule has 25 heavy (non-hydrogen) atoms. The number of benzene rings is 1. The molecule has 3 rings (SSSR count). The van der Waals surface area contributed by atoms with Crippen molar-refractivity contribution in [3.8, 4) is 5.88 Å². The summed E-state index contributed by atoms with van der Waals surface area (Å²) in [6.07, 6.45) is 2.40. The number of pyridine rings is 1. The second kappa shape index (κ2) is 7.47. The van der Waals surface area contributed by atoms with Crippen LogP contribution in [0.15, 0.2) is 36.5 Å². The van der Waals surface area contributed by atoms with Gasteiger partial charge in [0.05, 0.1) is 4.92 Å². The van der Waals surface area contributed by atoms with Crippen LogP contribution in [0.25, 0.3) is 0 Å². The zero-order valence-corrected chi connectivity index (χ0v) is 13.8. The summed E-state index contributed by atoms with van der Waals surface area (Å²) in [4.78, 5) is 26.5. The number of carbonyl (C=O) groups excluding carboxylic acids is 1. The molecule has 0 aliphatic carbocycles. The SMILES string of the molecule is O=C(Nc1ccc(F)c([N+](=O)[O-])c1)c1cccnc1OC1CCSC1. The van der Waals surface area contributed by atoms with E-state index in [9.17, 15) is 19.3 Å². The number of hydrogen-bond acceptors (Lipinski definition) is 6. The number of carbonyl (C=O) groups is 1. The Balaban J connectivity index is 1.79. The summed E-state index contributed by atoms with van der Waals surface area (Å²) in [6, 6.07) is 6.31. The largest absolute Gasteiger partial charge is 0.473 e. The van der Waals surface area contributed by atoms with Gasteiger partial charge in [-0.15, -0.1) is 0 Å². The highest BCUT2D eigenvalue weighted by Crippen LogP contribution is 2.26. The van der Waals surface area contributed by atoms with E-state index in [2.05, 4.69) is 10.3 Å². The molecule has 1 saturated heterocycles. The molecule has 130 valence electrons. The first-order valence-electron chi connectivity index (χ1n) is 7.49. The molecule has 0 saturated carbocycles. The van der Waals surface area contributed by atoms with Gasteiger partial charge in [0.1, 0.15) is 11.7 Å². The number of nitro benzene ring substituents is 1. The standard InChI is InChI=1S/C16H14FN3O4S/c17-13-4-3-10(8-14(13)20(22)23)19-15(21)12-2-1-6-18-16(12)24-11-5-7-25-9-11/h1-4,6,8,11H,5,7,9H2,(H,19,21). The summed E-state index contributed by atoms with van der Waals surface area (Å²) in [5.41, 5.74) is -0.376. The van der Waals surface area contributed by atoms with Crippen molar-refractivity contribution >= 4 is 29.0 Å². The molecule has 2 aromatic rings. The number of aromatic nitrogens is 1. The van der Waals surface area contributed by atoms with E-state index in [0.29, 0.717) is 0 Å². The average molecular weight is 363 g/mol. The fourth-order valence-electron chi connectivity index (χ4n) is 2.35. The molecule has 1 aliphatic heterocycles. The Hall–Kier alpha value is -2.68. The normalized spacial score (nSPS) is 16.4. The van der Waals surface area contributed by atoms with Crippen LogP contribution in [0.3, 0.4) is 0 Å².